The van der Waals surface area contributed by atoms with Gasteiger partial charge in [-0.2, -0.15) is 0 Å². The molecule has 0 amide bonds. The Morgan fingerprint density at radius 2 is 2.23 bits per heavy atom. The Kier molecular flexibility index (Phi) is 3.71. The molecule has 1 rings (SSSR count). The van der Waals surface area contributed by atoms with E-state index in [-0.39, 0.29) is 11.6 Å². The van der Waals surface area contributed by atoms with Gasteiger partial charge in [-0.05, 0) is 33.6 Å². The van der Waals surface area contributed by atoms with E-state index in [0.29, 0.717) is 6.04 Å². The summed E-state index contributed by atoms with van der Waals surface area (Å²) in [6.45, 7) is 7.51. The molecule has 3 heteroatoms. The van der Waals surface area contributed by atoms with E-state index < -0.39 is 0 Å². The lowest BCUT2D eigenvalue weighted by Gasteiger charge is -2.35. The molecule has 13 heavy (non-hydrogen) atoms. The van der Waals surface area contributed by atoms with E-state index in [1.54, 1.807) is 0 Å². The molecule has 2 N–H and O–H groups in total. The third-order valence-corrected chi connectivity index (χ3v) is 2.78. The highest BCUT2D eigenvalue weighted by Gasteiger charge is 2.27. The van der Waals surface area contributed by atoms with Gasteiger partial charge >= 0.3 is 0 Å². The molecule has 0 spiro atoms. The van der Waals surface area contributed by atoms with Crippen molar-refractivity contribution in [1.82, 2.24) is 5.32 Å². The summed E-state index contributed by atoms with van der Waals surface area (Å²) >= 11 is 0. The second-order valence-corrected chi connectivity index (χ2v) is 4.46. The lowest BCUT2D eigenvalue weighted by molar-refractivity contribution is 0.0340. The van der Waals surface area contributed by atoms with Crippen LogP contribution in [0.3, 0.4) is 0 Å². The number of nitrogens with one attached hydrogen (secondary N) is 1. The predicted octanol–water partition coefficient (Wildman–Crippen LogP) is 0.914. The molecule has 0 bridgehead atoms. The quantitative estimate of drug-likeness (QED) is 0.690. The SMILES string of the molecule is CC(O)C(C)(C)NC1CCCOC1. The number of ether oxygens (including phenoxy) is 1. The first-order chi connectivity index (χ1) is 6.02. The number of hydrogen-bond donors (Lipinski definition) is 2. The van der Waals surface area contributed by atoms with Crippen LogP contribution in [-0.2, 0) is 4.74 Å². The molecule has 1 aliphatic heterocycles. The maximum absolute atomic E-state index is 9.51. The van der Waals surface area contributed by atoms with Crippen LogP contribution in [0.15, 0.2) is 0 Å². The average Bonchev–Trinajstić information content (AvgIpc) is 2.05. The van der Waals surface area contributed by atoms with Crippen molar-refractivity contribution in [2.75, 3.05) is 13.2 Å². The number of hydrogen-bond acceptors (Lipinski definition) is 3. The van der Waals surface area contributed by atoms with Crippen LogP contribution in [0.2, 0.25) is 0 Å². The zero-order valence-corrected chi connectivity index (χ0v) is 8.84. The molecule has 1 heterocycles. The Hall–Kier alpha value is -0.120. The second kappa shape index (κ2) is 4.40. The zero-order chi connectivity index (χ0) is 9.90. The predicted molar refractivity (Wildman–Crippen MR) is 52.7 cm³/mol. The van der Waals surface area contributed by atoms with Gasteiger partial charge in [0.05, 0.1) is 12.7 Å². The van der Waals surface area contributed by atoms with E-state index in [4.69, 9.17) is 4.74 Å². The van der Waals surface area contributed by atoms with Gasteiger partial charge < -0.3 is 15.2 Å². The van der Waals surface area contributed by atoms with Crippen molar-refractivity contribution in [3.63, 3.8) is 0 Å². The fourth-order valence-electron chi connectivity index (χ4n) is 1.50. The Labute approximate surface area is 80.5 Å². The first-order valence-electron chi connectivity index (χ1n) is 5.06. The Bertz CT molecular complexity index is 151. The normalized spacial score (nSPS) is 27.2. The molecule has 0 aromatic carbocycles. The van der Waals surface area contributed by atoms with Gasteiger partial charge in [-0.25, -0.2) is 0 Å². The number of aliphatic hydroxyl groups is 1. The topological polar surface area (TPSA) is 41.5 Å². The molecular formula is C10H21NO2. The van der Waals surface area contributed by atoms with Crippen molar-refractivity contribution in [1.29, 1.82) is 0 Å². The number of rotatable bonds is 3. The molecule has 2 unspecified atom stereocenters. The van der Waals surface area contributed by atoms with Crippen molar-refractivity contribution < 1.29 is 9.84 Å². The highest BCUT2D eigenvalue weighted by atomic mass is 16.5. The Morgan fingerprint density at radius 3 is 2.69 bits per heavy atom. The van der Waals surface area contributed by atoms with E-state index in [9.17, 15) is 5.11 Å². The minimum atomic E-state index is -0.338. The molecule has 1 aliphatic rings. The van der Waals surface area contributed by atoms with Crippen LogP contribution in [0.25, 0.3) is 0 Å². The van der Waals surface area contributed by atoms with Gasteiger partial charge in [0.25, 0.3) is 0 Å². The molecule has 78 valence electrons. The third-order valence-electron chi connectivity index (χ3n) is 2.78. The summed E-state index contributed by atoms with van der Waals surface area (Å²) in [6.07, 6.45) is 1.93. The molecule has 0 radical (unpaired) electrons. The fraction of sp³-hybridized carbons (Fsp3) is 1.00. The molecular weight excluding hydrogens is 166 g/mol. The summed E-state index contributed by atoms with van der Waals surface area (Å²) in [7, 11) is 0. The van der Waals surface area contributed by atoms with Crippen LogP contribution in [0.5, 0.6) is 0 Å². The number of aliphatic hydroxyl groups excluding tert-OH is 1. The van der Waals surface area contributed by atoms with Gasteiger partial charge in [-0.1, -0.05) is 0 Å². The minimum absolute atomic E-state index is 0.217. The van der Waals surface area contributed by atoms with Gasteiger partial charge in [-0.15, -0.1) is 0 Å². The highest BCUT2D eigenvalue weighted by molar-refractivity contribution is 4.87. The van der Waals surface area contributed by atoms with Crippen LogP contribution in [0.1, 0.15) is 33.6 Å². The molecule has 1 saturated heterocycles. The van der Waals surface area contributed by atoms with Gasteiger partial charge in [0.2, 0.25) is 0 Å². The molecule has 1 fully saturated rings. The maximum Gasteiger partial charge on any atom is 0.0688 e. The Morgan fingerprint density at radius 1 is 1.54 bits per heavy atom. The lowest BCUT2D eigenvalue weighted by Crippen LogP contribution is -2.54. The summed E-state index contributed by atoms with van der Waals surface area (Å²) in [5.41, 5.74) is -0.217. The van der Waals surface area contributed by atoms with Gasteiger partial charge in [0, 0.05) is 18.2 Å². The minimum Gasteiger partial charge on any atom is -0.392 e. The first kappa shape index (κ1) is 11.0. The maximum atomic E-state index is 9.51. The highest BCUT2D eigenvalue weighted by Crippen LogP contribution is 2.14. The van der Waals surface area contributed by atoms with E-state index in [0.717, 1.165) is 26.1 Å². The molecule has 0 aromatic rings. The van der Waals surface area contributed by atoms with E-state index in [1.807, 2.05) is 20.8 Å². The van der Waals surface area contributed by atoms with E-state index in [2.05, 4.69) is 5.32 Å². The van der Waals surface area contributed by atoms with Crippen LogP contribution in [-0.4, -0.2) is 36.0 Å². The summed E-state index contributed by atoms with van der Waals surface area (Å²) in [5.74, 6) is 0. The molecule has 2 atom stereocenters. The fourth-order valence-corrected chi connectivity index (χ4v) is 1.50. The van der Waals surface area contributed by atoms with Crippen molar-refractivity contribution in [2.24, 2.45) is 0 Å². The largest absolute Gasteiger partial charge is 0.392 e. The van der Waals surface area contributed by atoms with Crippen LogP contribution in [0, 0.1) is 0 Å². The van der Waals surface area contributed by atoms with Gasteiger partial charge in [0.1, 0.15) is 0 Å². The van der Waals surface area contributed by atoms with Crippen LogP contribution >= 0.6 is 0 Å². The van der Waals surface area contributed by atoms with Crippen molar-refractivity contribution in [3.8, 4) is 0 Å². The van der Waals surface area contributed by atoms with Crippen LogP contribution in [0.4, 0.5) is 0 Å². The monoisotopic (exact) mass is 187 g/mol. The summed E-state index contributed by atoms with van der Waals surface area (Å²) in [5, 5.41) is 12.9. The molecule has 3 nitrogen and oxygen atoms in total. The lowest BCUT2D eigenvalue weighted by atomic mass is 9.96. The molecule has 0 aliphatic carbocycles. The van der Waals surface area contributed by atoms with Gasteiger partial charge in [0.15, 0.2) is 0 Å². The first-order valence-corrected chi connectivity index (χ1v) is 5.06. The van der Waals surface area contributed by atoms with Crippen molar-refractivity contribution in [2.45, 2.75) is 51.3 Å². The van der Waals surface area contributed by atoms with Crippen molar-refractivity contribution in [3.05, 3.63) is 0 Å². The third kappa shape index (κ3) is 3.25. The zero-order valence-electron chi connectivity index (χ0n) is 8.84. The summed E-state index contributed by atoms with van der Waals surface area (Å²) < 4.78 is 5.36. The van der Waals surface area contributed by atoms with Gasteiger partial charge in [-0.3, -0.25) is 0 Å². The molecule has 0 aromatic heterocycles. The summed E-state index contributed by atoms with van der Waals surface area (Å²) in [6, 6.07) is 0.401. The van der Waals surface area contributed by atoms with E-state index in [1.165, 1.54) is 0 Å². The van der Waals surface area contributed by atoms with Crippen molar-refractivity contribution >= 4 is 0 Å². The summed E-state index contributed by atoms with van der Waals surface area (Å²) in [4.78, 5) is 0. The Balaban J connectivity index is 2.37. The standard InChI is InChI=1S/C10H21NO2/c1-8(12)10(2,3)11-9-5-4-6-13-7-9/h8-9,11-12H,4-7H2,1-3H3. The average molecular weight is 187 g/mol. The smallest absolute Gasteiger partial charge is 0.0688 e. The van der Waals surface area contributed by atoms with Crippen LogP contribution < -0.4 is 5.32 Å². The van der Waals surface area contributed by atoms with E-state index >= 15 is 0 Å². The second-order valence-electron chi connectivity index (χ2n) is 4.46. The molecule has 0 saturated carbocycles.